The third kappa shape index (κ3) is 4.33. The molecule has 0 unspecified atom stereocenters. The number of nitrogens with zero attached hydrogens (tertiary/aromatic N) is 2. The lowest BCUT2D eigenvalue weighted by atomic mass is 9.80. The number of hydrogen-bond donors (Lipinski definition) is 0. The smallest absolute Gasteiger partial charge is 0.0780 e. The van der Waals surface area contributed by atoms with Gasteiger partial charge in [0.2, 0.25) is 0 Å². The van der Waals surface area contributed by atoms with Crippen LogP contribution in [0.3, 0.4) is 0 Å². The Morgan fingerprint density at radius 2 is 0.851 bits per heavy atom. The van der Waals surface area contributed by atoms with Crippen molar-refractivity contribution in [3.8, 4) is 55.6 Å². The summed E-state index contributed by atoms with van der Waals surface area (Å²) in [4.78, 5) is 9.43. The molecule has 1 aliphatic carbocycles. The van der Waals surface area contributed by atoms with Gasteiger partial charge in [0.25, 0.3) is 0 Å². The number of pyridine rings is 2. The Morgan fingerprint density at radius 1 is 0.362 bits per heavy atom. The molecule has 2 heterocycles. The fourth-order valence-corrected chi connectivity index (χ4v) is 7.65. The second-order valence-corrected chi connectivity index (χ2v) is 13.0. The Balaban J connectivity index is 1.22. The molecule has 9 rings (SSSR count). The van der Waals surface area contributed by atoms with Crippen molar-refractivity contribution in [1.29, 1.82) is 0 Å². The molecular weight excluding hydrogens is 569 g/mol. The van der Waals surface area contributed by atoms with Crippen LogP contribution in [-0.4, -0.2) is 9.97 Å². The SMILES string of the molecule is CC1(C)c2ccccc2-c2c1ccc(-c1ccc(-c3cccc4cccnc34)cc1)c2-c1ccc(-c2cccc3cccnc23)cc1. The average molecular weight is 601 g/mol. The van der Waals surface area contributed by atoms with Crippen molar-refractivity contribution in [3.63, 3.8) is 0 Å². The Hall–Kier alpha value is -5.86. The summed E-state index contributed by atoms with van der Waals surface area (Å²) < 4.78 is 0. The monoisotopic (exact) mass is 600 g/mol. The molecule has 0 bridgehead atoms. The Labute approximate surface area is 275 Å². The van der Waals surface area contributed by atoms with Gasteiger partial charge in [-0.3, -0.25) is 9.97 Å². The van der Waals surface area contributed by atoms with E-state index in [2.05, 4.69) is 147 Å². The summed E-state index contributed by atoms with van der Waals surface area (Å²) in [5.74, 6) is 0. The summed E-state index contributed by atoms with van der Waals surface area (Å²) in [5, 5.41) is 2.30. The number of benzene rings is 6. The number of rotatable bonds is 4. The van der Waals surface area contributed by atoms with E-state index in [1.54, 1.807) is 0 Å². The number of para-hydroxylation sites is 2. The molecule has 1 aliphatic rings. The molecule has 0 amide bonds. The van der Waals surface area contributed by atoms with Crippen molar-refractivity contribution >= 4 is 21.8 Å². The quantitative estimate of drug-likeness (QED) is 0.201. The molecule has 2 heteroatoms. The van der Waals surface area contributed by atoms with Crippen molar-refractivity contribution in [3.05, 3.63) is 169 Å². The molecule has 0 fully saturated rings. The van der Waals surface area contributed by atoms with Gasteiger partial charge in [-0.05, 0) is 67.8 Å². The minimum atomic E-state index is -0.0843. The second-order valence-electron chi connectivity index (χ2n) is 13.0. The minimum Gasteiger partial charge on any atom is -0.256 e. The van der Waals surface area contributed by atoms with Gasteiger partial charge in [0.05, 0.1) is 11.0 Å². The van der Waals surface area contributed by atoms with Gasteiger partial charge >= 0.3 is 0 Å². The third-order valence-electron chi connectivity index (χ3n) is 10.0. The molecule has 6 aromatic carbocycles. The first-order valence-corrected chi connectivity index (χ1v) is 16.2. The predicted octanol–water partition coefficient (Wildman–Crippen LogP) is 11.8. The van der Waals surface area contributed by atoms with Gasteiger partial charge in [0, 0.05) is 39.7 Å². The van der Waals surface area contributed by atoms with Gasteiger partial charge in [-0.2, -0.15) is 0 Å². The van der Waals surface area contributed by atoms with Gasteiger partial charge in [-0.25, -0.2) is 0 Å². The highest BCUT2D eigenvalue weighted by Crippen LogP contribution is 2.54. The first-order valence-electron chi connectivity index (χ1n) is 16.2. The van der Waals surface area contributed by atoms with E-state index in [0.717, 1.165) is 32.9 Å². The van der Waals surface area contributed by atoms with Crippen LogP contribution in [-0.2, 0) is 5.41 Å². The second kappa shape index (κ2) is 10.6. The van der Waals surface area contributed by atoms with Crippen LogP contribution < -0.4 is 0 Å². The van der Waals surface area contributed by atoms with E-state index in [9.17, 15) is 0 Å². The molecular formula is C45H32N2. The van der Waals surface area contributed by atoms with Crippen LogP contribution in [0.1, 0.15) is 25.0 Å². The van der Waals surface area contributed by atoms with Gasteiger partial charge < -0.3 is 0 Å². The zero-order valence-corrected chi connectivity index (χ0v) is 26.4. The molecule has 2 aromatic heterocycles. The molecule has 0 spiro atoms. The highest BCUT2D eigenvalue weighted by Gasteiger charge is 2.37. The molecule has 0 atom stereocenters. The number of hydrogen-bond acceptors (Lipinski definition) is 2. The van der Waals surface area contributed by atoms with Crippen molar-refractivity contribution in [1.82, 2.24) is 9.97 Å². The fourth-order valence-electron chi connectivity index (χ4n) is 7.65. The van der Waals surface area contributed by atoms with Gasteiger partial charge in [0.15, 0.2) is 0 Å². The molecule has 2 nitrogen and oxygen atoms in total. The molecule has 222 valence electrons. The van der Waals surface area contributed by atoms with Gasteiger partial charge in [0.1, 0.15) is 0 Å². The summed E-state index contributed by atoms with van der Waals surface area (Å²) in [6, 6.07) is 52.8. The Bertz CT molecular complexity index is 2460. The van der Waals surface area contributed by atoms with Crippen LogP contribution in [0.15, 0.2) is 158 Å². The van der Waals surface area contributed by atoms with E-state index in [0.29, 0.717) is 0 Å². The highest BCUT2D eigenvalue weighted by atomic mass is 14.7. The van der Waals surface area contributed by atoms with Crippen LogP contribution in [0, 0.1) is 0 Å². The molecule has 0 radical (unpaired) electrons. The van der Waals surface area contributed by atoms with Crippen LogP contribution in [0.25, 0.3) is 77.4 Å². The zero-order valence-electron chi connectivity index (χ0n) is 26.4. The van der Waals surface area contributed by atoms with Crippen LogP contribution in [0.5, 0.6) is 0 Å². The predicted molar refractivity (Wildman–Crippen MR) is 196 cm³/mol. The van der Waals surface area contributed by atoms with Crippen molar-refractivity contribution in [2.45, 2.75) is 19.3 Å². The topological polar surface area (TPSA) is 25.8 Å². The third-order valence-corrected chi connectivity index (χ3v) is 10.0. The van der Waals surface area contributed by atoms with Crippen LogP contribution >= 0.6 is 0 Å². The average Bonchev–Trinajstić information content (AvgIpc) is 3.37. The normalized spacial score (nSPS) is 13.1. The largest absolute Gasteiger partial charge is 0.256 e. The fraction of sp³-hybridized carbons (Fsp3) is 0.0667. The standard InChI is InChI=1S/C45H32N2/c1-45(2)39-16-4-3-13-38(39)42-40(45)26-25-35(29-17-19-30(20-18-29)36-14-5-9-33-11-7-27-46-43(33)36)41(42)32-23-21-31(22-24-32)37-15-6-10-34-12-8-28-47-44(34)37/h3-28H,1-2H3. The maximum Gasteiger partial charge on any atom is 0.0780 e. The van der Waals surface area contributed by atoms with E-state index in [-0.39, 0.29) is 5.41 Å². The minimum absolute atomic E-state index is 0.0843. The van der Waals surface area contributed by atoms with E-state index in [1.807, 2.05) is 24.5 Å². The van der Waals surface area contributed by atoms with E-state index >= 15 is 0 Å². The maximum atomic E-state index is 4.72. The summed E-state index contributed by atoms with van der Waals surface area (Å²) in [6.07, 6.45) is 3.75. The van der Waals surface area contributed by atoms with E-state index < -0.39 is 0 Å². The lowest BCUT2D eigenvalue weighted by molar-refractivity contribution is 0.660. The van der Waals surface area contributed by atoms with Crippen LogP contribution in [0.2, 0.25) is 0 Å². The van der Waals surface area contributed by atoms with Crippen molar-refractivity contribution in [2.75, 3.05) is 0 Å². The van der Waals surface area contributed by atoms with E-state index in [1.165, 1.54) is 55.6 Å². The number of fused-ring (bicyclic) bond motifs is 5. The van der Waals surface area contributed by atoms with Crippen molar-refractivity contribution in [2.24, 2.45) is 0 Å². The first kappa shape index (κ1) is 27.5. The van der Waals surface area contributed by atoms with Gasteiger partial charge in [-0.1, -0.05) is 147 Å². The van der Waals surface area contributed by atoms with Crippen LogP contribution in [0.4, 0.5) is 0 Å². The van der Waals surface area contributed by atoms with Gasteiger partial charge in [-0.15, -0.1) is 0 Å². The summed E-state index contributed by atoms with van der Waals surface area (Å²) >= 11 is 0. The maximum absolute atomic E-state index is 4.72. The molecule has 8 aromatic rings. The van der Waals surface area contributed by atoms with Crippen molar-refractivity contribution < 1.29 is 0 Å². The Morgan fingerprint density at radius 3 is 1.45 bits per heavy atom. The summed E-state index contributed by atoms with van der Waals surface area (Å²) in [6.45, 7) is 4.70. The molecule has 0 aliphatic heterocycles. The summed E-state index contributed by atoms with van der Waals surface area (Å²) in [5.41, 5.74) is 17.0. The lowest BCUT2D eigenvalue weighted by Gasteiger charge is -2.23. The summed E-state index contributed by atoms with van der Waals surface area (Å²) in [7, 11) is 0. The zero-order chi connectivity index (χ0) is 31.5. The highest BCUT2D eigenvalue weighted by molar-refractivity contribution is 6.01. The number of aromatic nitrogens is 2. The molecule has 0 saturated carbocycles. The van der Waals surface area contributed by atoms with E-state index in [4.69, 9.17) is 9.97 Å². The molecule has 47 heavy (non-hydrogen) atoms. The Kier molecular flexibility index (Phi) is 6.20. The molecule has 0 saturated heterocycles. The molecule has 0 N–H and O–H groups in total. The lowest BCUT2D eigenvalue weighted by Crippen LogP contribution is -2.14. The first-order chi connectivity index (χ1) is 23.1.